The van der Waals surface area contributed by atoms with E-state index in [1.54, 1.807) is 24.3 Å². The maximum atomic E-state index is 12.1. The summed E-state index contributed by atoms with van der Waals surface area (Å²) in [6.45, 7) is 0. The first-order chi connectivity index (χ1) is 10.4. The molecule has 0 fully saturated rings. The molecule has 3 N–H and O–H groups in total. The zero-order valence-corrected chi connectivity index (χ0v) is 12.6. The van der Waals surface area contributed by atoms with Crippen LogP contribution in [0.3, 0.4) is 0 Å². The molecule has 0 aliphatic rings. The number of amides is 1. The number of rotatable bonds is 4. The third-order valence-corrected chi connectivity index (χ3v) is 3.32. The SMILES string of the molecule is O=C(O)c1cc(NC(=O)c2ccc(Br)cc2)cc(C(=O)O)c1. The number of carboxylic acid groups (broad SMARTS) is 2. The normalized spacial score (nSPS) is 10.0. The summed E-state index contributed by atoms with van der Waals surface area (Å²) >= 11 is 3.25. The topological polar surface area (TPSA) is 104 Å². The van der Waals surface area contributed by atoms with Gasteiger partial charge in [-0.05, 0) is 42.5 Å². The van der Waals surface area contributed by atoms with Crippen molar-refractivity contribution >= 4 is 39.5 Å². The van der Waals surface area contributed by atoms with E-state index < -0.39 is 17.8 Å². The first kappa shape index (κ1) is 15.7. The van der Waals surface area contributed by atoms with E-state index in [1.165, 1.54) is 12.1 Å². The number of hydrogen-bond acceptors (Lipinski definition) is 3. The summed E-state index contributed by atoms with van der Waals surface area (Å²) < 4.78 is 0.810. The molecule has 22 heavy (non-hydrogen) atoms. The molecule has 0 saturated carbocycles. The van der Waals surface area contributed by atoms with Crippen molar-refractivity contribution in [3.05, 3.63) is 63.6 Å². The summed E-state index contributed by atoms with van der Waals surface area (Å²) in [4.78, 5) is 34.1. The van der Waals surface area contributed by atoms with Gasteiger partial charge in [-0.3, -0.25) is 4.79 Å². The molecule has 0 atom stereocenters. The van der Waals surface area contributed by atoms with Gasteiger partial charge in [-0.15, -0.1) is 0 Å². The van der Waals surface area contributed by atoms with E-state index >= 15 is 0 Å². The highest BCUT2D eigenvalue weighted by Crippen LogP contribution is 2.17. The Kier molecular flexibility index (Phi) is 4.57. The molecular formula is C15H10BrNO5. The molecule has 0 radical (unpaired) electrons. The Hall–Kier alpha value is -2.67. The average Bonchev–Trinajstić information content (AvgIpc) is 2.47. The molecule has 2 aromatic carbocycles. The van der Waals surface area contributed by atoms with Gasteiger partial charge < -0.3 is 15.5 Å². The van der Waals surface area contributed by atoms with E-state index in [2.05, 4.69) is 21.2 Å². The van der Waals surface area contributed by atoms with Crippen LogP contribution in [0.1, 0.15) is 31.1 Å². The second-order valence-electron chi connectivity index (χ2n) is 4.37. The highest BCUT2D eigenvalue weighted by molar-refractivity contribution is 9.10. The minimum absolute atomic E-state index is 0.102. The van der Waals surface area contributed by atoms with Gasteiger partial charge >= 0.3 is 11.9 Å². The molecule has 0 unspecified atom stereocenters. The smallest absolute Gasteiger partial charge is 0.335 e. The molecule has 2 rings (SSSR count). The molecule has 2 aromatic rings. The summed E-state index contributed by atoms with van der Waals surface area (Å²) in [6, 6.07) is 9.96. The number of aromatic carboxylic acids is 2. The van der Waals surface area contributed by atoms with Crippen LogP contribution in [0.15, 0.2) is 46.9 Å². The van der Waals surface area contributed by atoms with Crippen LogP contribution in [-0.4, -0.2) is 28.1 Å². The quantitative estimate of drug-likeness (QED) is 0.774. The van der Waals surface area contributed by atoms with Crippen molar-refractivity contribution in [2.75, 3.05) is 5.32 Å². The molecule has 0 aliphatic heterocycles. The van der Waals surface area contributed by atoms with Crippen LogP contribution < -0.4 is 5.32 Å². The van der Waals surface area contributed by atoms with E-state index in [9.17, 15) is 14.4 Å². The highest BCUT2D eigenvalue weighted by Gasteiger charge is 2.13. The van der Waals surface area contributed by atoms with Gasteiger partial charge in [0.05, 0.1) is 11.1 Å². The van der Waals surface area contributed by atoms with Crippen LogP contribution >= 0.6 is 15.9 Å². The maximum Gasteiger partial charge on any atom is 0.335 e. The number of benzene rings is 2. The molecule has 0 saturated heterocycles. The van der Waals surface area contributed by atoms with E-state index in [-0.39, 0.29) is 16.8 Å². The molecule has 7 heteroatoms. The van der Waals surface area contributed by atoms with Gasteiger partial charge in [0, 0.05) is 15.7 Å². The Morgan fingerprint density at radius 1 is 0.818 bits per heavy atom. The second kappa shape index (κ2) is 6.40. The van der Waals surface area contributed by atoms with Crippen LogP contribution in [0, 0.1) is 0 Å². The monoisotopic (exact) mass is 363 g/mol. The number of carbonyl (C=O) groups is 3. The third-order valence-electron chi connectivity index (χ3n) is 2.79. The van der Waals surface area contributed by atoms with Crippen molar-refractivity contribution in [1.82, 2.24) is 0 Å². The standard InChI is InChI=1S/C15H10BrNO5/c16-11-3-1-8(2-4-11)13(18)17-12-6-9(14(19)20)5-10(7-12)15(21)22/h1-7H,(H,17,18)(H,19,20)(H,21,22). The molecule has 0 bridgehead atoms. The van der Waals surface area contributed by atoms with Gasteiger partial charge in [-0.1, -0.05) is 15.9 Å². The summed E-state index contributed by atoms with van der Waals surface area (Å²) in [7, 11) is 0. The van der Waals surface area contributed by atoms with Gasteiger partial charge in [0.25, 0.3) is 5.91 Å². The lowest BCUT2D eigenvalue weighted by atomic mass is 10.1. The summed E-state index contributed by atoms with van der Waals surface area (Å²) in [5, 5.41) is 20.5. The van der Waals surface area contributed by atoms with Gasteiger partial charge in [0.2, 0.25) is 0 Å². The van der Waals surface area contributed by atoms with Gasteiger partial charge in [-0.25, -0.2) is 9.59 Å². The predicted octanol–water partition coefficient (Wildman–Crippen LogP) is 3.10. The number of carboxylic acids is 2. The Labute approximate surface area is 133 Å². The Balaban J connectivity index is 2.32. The molecule has 1 amide bonds. The van der Waals surface area contributed by atoms with Crippen LogP contribution in [0.25, 0.3) is 0 Å². The fraction of sp³-hybridized carbons (Fsp3) is 0. The third kappa shape index (κ3) is 3.70. The Bertz CT molecular complexity index is 723. The molecule has 0 aromatic heterocycles. The van der Waals surface area contributed by atoms with Crippen LogP contribution in [0.4, 0.5) is 5.69 Å². The van der Waals surface area contributed by atoms with Gasteiger partial charge in [-0.2, -0.15) is 0 Å². The molecule has 112 valence electrons. The van der Waals surface area contributed by atoms with Crippen molar-refractivity contribution in [3.63, 3.8) is 0 Å². The maximum absolute atomic E-state index is 12.1. The number of halogens is 1. The summed E-state index contributed by atoms with van der Waals surface area (Å²) in [5.41, 5.74) is 0.0306. The fourth-order valence-electron chi connectivity index (χ4n) is 1.75. The van der Waals surface area contributed by atoms with Gasteiger partial charge in [0.15, 0.2) is 0 Å². The van der Waals surface area contributed by atoms with Crippen LogP contribution in [0.5, 0.6) is 0 Å². The van der Waals surface area contributed by atoms with E-state index in [4.69, 9.17) is 10.2 Å². The first-order valence-corrected chi connectivity index (χ1v) is 6.84. The molecule has 0 heterocycles. The lowest BCUT2D eigenvalue weighted by molar-refractivity contribution is 0.0696. The fourth-order valence-corrected chi connectivity index (χ4v) is 2.02. The average molecular weight is 364 g/mol. The van der Waals surface area contributed by atoms with Crippen LogP contribution in [0.2, 0.25) is 0 Å². The first-order valence-electron chi connectivity index (χ1n) is 6.05. The van der Waals surface area contributed by atoms with Crippen LogP contribution in [-0.2, 0) is 0 Å². The van der Waals surface area contributed by atoms with Crippen molar-refractivity contribution < 1.29 is 24.6 Å². The molecule has 0 spiro atoms. The van der Waals surface area contributed by atoms with Crippen molar-refractivity contribution in [3.8, 4) is 0 Å². The second-order valence-corrected chi connectivity index (χ2v) is 5.29. The number of hydrogen-bond donors (Lipinski definition) is 3. The molecule has 0 aliphatic carbocycles. The minimum Gasteiger partial charge on any atom is -0.478 e. The zero-order valence-electron chi connectivity index (χ0n) is 11.0. The van der Waals surface area contributed by atoms with Gasteiger partial charge in [0.1, 0.15) is 0 Å². The predicted molar refractivity (Wildman–Crippen MR) is 82.5 cm³/mol. The number of nitrogens with one attached hydrogen (secondary N) is 1. The van der Waals surface area contributed by atoms with E-state index in [1.807, 2.05) is 0 Å². The lowest BCUT2D eigenvalue weighted by Crippen LogP contribution is -2.13. The summed E-state index contributed by atoms with van der Waals surface area (Å²) in [5.74, 6) is -3.02. The molecule has 6 nitrogen and oxygen atoms in total. The Morgan fingerprint density at radius 3 is 1.77 bits per heavy atom. The number of anilines is 1. The highest BCUT2D eigenvalue weighted by atomic mass is 79.9. The zero-order chi connectivity index (χ0) is 16.3. The molecular weight excluding hydrogens is 354 g/mol. The largest absolute Gasteiger partial charge is 0.478 e. The van der Waals surface area contributed by atoms with E-state index in [0.29, 0.717) is 5.56 Å². The van der Waals surface area contributed by atoms with Crippen molar-refractivity contribution in [2.24, 2.45) is 0 Å². The van der Waals surface area contributed by atoms with E-state index in [0.717, 1.165) is 10.5 Å². The Morgan fingerprint density at radius 2 is 1.32 bits per heavy atom. The number of carbonyl (C=O) groups excluding carboxylic acids is 1. The minimum atomic E-state index is -1.28. The van der Waals surface area contributed by atoms with Crippen molar-refractivity contribution in [1.29, 1.82) is 0 Å². The lowest BCUT2D eigenvalue weighted by Gasteiger charge is -2.08. The summed E-state index contributed by atoms with van der Waals surface area (Å²) in [6.07, 6.45) is 0. The van der Waals surface area contributed by atoms with Crippen molar-refractivity contribution in [2.45, 2.75) is 0 Å².